The Morgan fingerprint density at radius 2 is 2.00 bits per heavy atom. The van der Waals surface area contributed by atoms with E-state index in [1.165, 1.54) is 4.80 Å². The maximum absolute atomic E-state index is 12.6. The fraction of sp³-hybridized carbons (Fsp3) is 0.529. The minimum Gasteiger partial charge on any atom is -0.350 e. The predicted molar refractivity (Wildman–Crippen MR) is 88.2 cm³/mol. The Morgan fingerprint density at radius 1 is 1.20 bits per heavy atom. The van der Waals surface area contributed by atoms with Gasteiger partial charge in [-0.05, 0) is 18.1 Å². The number of aromatic nitrogens is 4. The van der Waals surface area contributed by atoms with Gasteiger partial charge in [0.2, 0.25) is 11.7 Å². The highest BCUT2D eigenvalue weighted by atomic mass is 16.7. The SMILES string of the molecule is O=C(Cn1nnc(-c2ccccc2)n1)N1CCCC(C2OCCO2)C1. The normalized spacial score (nSPS) is 21.6. The van der Waals surface area contributed by atoms with Gasteiger partial charge < -0.3 is 14.4 Å². The molecule has 1 aromatic carbocycles. The average Bonchev–Trinajstić information content (AvgIpc) is 3.35. The molecule has 3 heterocycles. The molecule has 2 aliphatic heterocycles. The lowest BCUT2D eigenvalue weighted by molar-refractivity contribution is -0.140. The first-order chi connectivity index (χ1) is 12.3. The minimum absolute atomic E-state index is 0.000270. The van der Waals surface area contributed by atoms with Gasteiger partial charge in [0.25, 0.3) is 0 Å². The molecule has 25 heavy (non-hydrogen) atoms. The molecule has 2 fully saturated rings. The first kappa shape index (κ1) is 16.2. The summed E-state index contributed by atoms with van der Waals surface area (Å²) in [5.74, 6) is 0.765. The summed E-state index contributed by atoms with van der Waals surface area (Å²) in [7, 11) is 0. The van der Waals surface area contributed by atoms with Crippen LogP contribution >= 0.6 is 0 Å². The third kappa shape index (κ3) is 3.69. The summed E-state index contributed by atoms with van der Waals surface area (Å²) in [6, 6.07) is 9.60. The molecule has 2 saturated heterocycles. The van der Waals surface area contributed by atoms with Crippen molar-refractivity contribution < 1.29 is 14.3 Å². The van der Waals surface area contributed by atoms with Crippen LogP contribution < -0.4 is 0 Å². The molecule has 0 bridgehead atoms. The maximum Gasteiger partial charge on any atom is 0.246 e. The zero-order valence-corrected chi connectivity index (χ0v) is 14.0. The quantitative estimate of drug-likeness (QED) is 0.822. The molecular weight excluding hydrogens is 322 g/mol. The number of piperidine rings is 1. The zero-order valence-electron chi connectivity index (χ0n) is 14.0. The van der Waals surface area contributed by atoms with Crippen LogP contribution in [0.4, 0.5) is 0 Å². The van der Waals surface area contributed by atoms with E-state index in [1.807, 2.05) is 35.2 Å². The summed E-state index contributed by atoms with van der Waals surface area (Å²) >= 11 is 0. The van der Waals surface area contributed by atoms with E-state index in [2.05, 4.69) is 15.4 Å². The van der Waals surface area contributed by atoms with Gasteiger partial charge in [0, 0.05) is 24.6 Å². The van der Waals surface area contributed by atoms with Crippen molar-refractivity contribution in [1.82, 2.24) is 25.1 Å². The smallest absolute Gasteiger partial charge is 0.246 e. The maximum atomic E-state index is 12.6. The van der Waals surface area contributed by atoms with Crippen molar-refractivity contribution in [3.63, 3.8) is 0 Å². The first-order valence-electron chi connectivity index (χ1n) is 8.64. The zero-order chi connectivity index (χ0) is 17.1. The largest absolute Gasteiger partial charge is 0.350 e. The van der Waals surface area contributed by atoms with Gasteiger partial charge >= 0.3 is 0 Å². The summed E-state index contributed by atoms with van der Waals surface area (Å²) in [6.45, 7) is 2.78. The lowest BCUT2D eigenvalue weighted by atomic mass is 9.97. The highest BCUT2D eigenvalue weighted by Gasteiger charge is 2.32. The number of hydrogen-bond donors (Lipinski definition) is 0. The van der Waals surface area contributed by atoms with Gasteiger partial charge in [0.1, 0.15) is 6.54 Å². The monoisotopic (exact) mass is 343 g/mol. The lowest BCUT2D eigenvalue weighted by Gasteiger charge is -2.34. The second-order valence-corrected chi connectivity index (χ2v) is 6.36. The second kappa shape index (κ2) is 7.28. The molecule has 2 aromatic rings. The molecule has 0 N–H and O–H groups in total. The van der Waals surface area contributed by atoms with E-state index in [-0.39, 0.29) is 24.7 Å². The number of nitrogens with zero attached hydrogens (tertiary/aromatic N) is 5. The van der Waals surface area contributed by atoms with Gasteiger partial charge in [-0.25, -0.2) is 0 Å². The fourth-order valence-electron chi connectivity index (χ4n) is 3.34. The predicted octanol–water partition coefficient (Wildman–Crippen LogP) is 0.952. The molecule has 0 aliphatic carbocycles. The topological polar surface area (TPSA) is 82.4 Å². The second-order valence-electron chi connectivity index (χ2n) is 6.36. The Kier molecular flexibility index (Phi) is 4.71. The summed E-state index contributed by atoms with van der Waals surface area (Å²) in [5.41, 5.74) is 0.884. The van der Waals surface area contributed by atoms with Crippen LogP contribution in [0.25, 0.3) is 11.4 Å². The van der Waals surface area contributed by atoms with Gasteiger partial charge in [-0.3, -0.25) is 4.79 Å². The van der Waals surface area contributed by atoms with Crippen LogP contribution in [-0.4, -0.2) is 63.6 Å². The third-order valence-corrected chi connectivity index (χ3v) is 4.60. The van der Waals surface area contributed by atoms with Gasteiger partial charge in [0.15, 0.2) is 6.29 Å². The fourth-order valence-corrected chi connectivity index (χ4v) is 3.34. The van der Waals surface area contributed by atoms with Gasteiger partial charge in [-0.2, -0.15) is 4.80 Å². The summed E-state index contributed by atoms with van der Waals surface area (Å²) < 4.78 is 11.2. The molecule has 0 spiro atoms. The summed E-state index contributed by atoms with van der Waals surface area (Å²) in [6.07, 6.45) is 1.80. The van der Waals surface area contributed by atoms with Crippen molar-refractivity contribution in [1.29, 1.82) is 0 Å². The Hall–Kier alpha value is -2.32. The number of ether oxygens (including phenoxy) is 2. The van der Waals surface area contributed by atoms with E-state index in [9.17, 15) is 4.79 Å². The van der Waals surface area contributed by atoms with Crippen molar-refractivity contribution in [2.75, 3.05) is 26.3 Å². The lowest BCUT2D eigenvalue weighted by Crippen LogP contribution is -2.45. The van der Waals surface area contributed by atoms with Crippen molar-refractivity contribution in [3.05, 3.63) is 30.3 Å². The van der Waals surface area contributed by atoms with Crippen molar-refractivity contribution in [2.24, 2.45) is 5.92 Å². The van der Waals surface area contributed by atoms with Crippen molar-refractivity contribution in [2.45, 2.75) is 25.7 Å². The summed E-state index contributed by atoms with van der Waals surface area (Å²) in [4.78, 5) is 15.8. The van der Waals surface area contributed by atoms with E-state index in [1.54, 1.807) is 0 Å². The molecule has 8 nitrogen and oxygen atoms in total. The van der Waals surface area contributed by atoms with Crippen LogP contribution in [0.5, 0.6) is 0 Å². The molecule has 132 valence electrons. The Balaban J connectivity index is 1.37. The van der Waals surface area contributed by atoms with Crippen LogP contribution in [0.1, 0.15) is 12.8 Å². The third-order valence-electron chi connectivity index (χ3n) is 4.60. The molecule has 0 saturated carbocycles. The highest BCUT2D eigenvalue weighted by molar-refractivity contribution is 5.75. The number of likely N-dealkylation sites (tertiary alicyclic amines) is 1. The molecule has 1 aromatic heterocycles. The van der Waals surface area contributed by atoms with E-state index < -0.39 is 0 Å². The average molecular weight is 343 g/mol. The van der Waals surface area contributed by atoms with E-state index in [0.29, 0.717) is 25.6 Å². The minimum atomic E-state index is -0.176. The molecule has 2 aliphatic rings. The van der Waals surface area contributed by atoms with Crippen LogP contribution in [0.2, 0.25) is 0 Å². The van der Waals surface area contributed by atoms with Crippen LogP contribution in [0, 0.1) is 5.92 Å². The summed E-state index contributed by atoms with van der Waals surface area (Å²) in [5, 5.41) is 12.3. The van der Waals surface area contributed by atoms with E-state index >= 15 is 0 Å². The molecule has 1 atom stereocenters. The van der Waals surface area contributed by atoms with Crippen molar-refractivity contribution >= 4 is 5.91 Å². The Morgan fingerprint density at radius 3 is 2.80 bits per heavy atom. The number of carbonyl (C=O) groups is 1. The Labute approximate surface area is 145 Å². The number of rotatable bonds is 4. The molecular formula is C17H21N5O3. The highest BCUT2D eigenvalue weighted by Crippen LogP contribution is 2.25. The van der Waals surface area contributed by atoms with Gasteiger partial charge in [0.05, 0.1) is 13.2 Å². The number of hydrogen-bond acceptors (Lipinski definition) is 6. The number of amides is 1. The number of benzene rings is 1. The standard InChI is InChI=1S/C17H21N5O3/c23-15(21-8-4-7-14(11-21)17-24-9-10-25-17)12-22-19-16(18-20-22)13-5-2-1-3-6-13/h1-3,5-6,14,17H,4,7-12H2. The van der Waals surface area contributed by atoms with Gasteiger partial charge in [-0.15, -0.1) is 10.2 Å². The molecule has 8 heteroatoms. The first-order valence-corrected chi connectivity index (χ1v) is 8.64. The Bertz CT molecular complexity index is 714. The number of tetrazole rings is 1. The molecule has 1 amide bonds. The van der Waals surface area contributed by atoms with Crippen LogP contribution in [-0.2, 0) is 20.8 Å². The molecule has 4 rings (SSSR count). The number of carbonyl (C=O) groups excluding carboxylic acids is 1. The van der Waals surface area contributed by atoms with E-state index in [4.69, 9.17) is 9.47 Å². The molecule has 0 radical (unpaired) electrons. The van der Waals surface area contributed by atoms with Gasteiger partial charge in [-0.1, -0.05) is 30.3 Å². The van der Waals surface area contributed by atoms with E-state index in [0.717, 1.165) is 24.9 Å². The molecule has 1 unspecified atom stereocenters. The van der Waals surface area contributed by atoms with Crippen molar-refractivity contribution in [3.8, 4) is 11.4 Å². The van der Waals surface area contributed by atoms with Crippen LogP contribution in [0.15, 0.2) is 30.3 Å². The van der Waals surface area contributed by atoms with Crippen LogP contribution in [0.3, 0.4) is 0 Å².